The first-order valence-corrected chi connectivity index (χ1v) is 15.1. The second-order valence-corrected chi connectivity index (χ2v) is 14.9. The summed E-state index contributed by atoms with van der Waals surface area (Å²) in [6.07, 6.45) is 2.39. The first kappa shape index (κ1) is 19.9. The maximum Gasteiger partial charge on any atom is 0.204 e. The van der Waals surface area contributed by atoms with E-state index in [4.69, 9.17) is 14.4 Å². The van der Waals surface area contributed by atoms with Crippen molar-refractivity contribution in [3.8, 4) is 22.9 Å². The van der Waals surface area contributed by atoms with Crippen molar-refractivity contribution in [2.24, 2.45) is 0 Å². The topological polar surface area (TPSA) is 42.2 Å². The van der Waals surface area contributed by atoms with Gasteiger partial charge in [-0.25, -0.2) is 0 Å². The number of rotatable bonds is 8. The van der Waals surface area contributed by atoms with E-state index in [1.165, 1.54) is 18.5 Å². The number of nitrogens with zero attached hydrogens (tertiary/aromatic N) is 1. The van der Waals surface area contributed by atoms with Crippen LogP contribution in [0, 0.1) is 11.3 Å². The molecule has 141 valence electrons. The maximum atomic E-state index is 8.89. The highest BCUT2D eigenvalue weighted by Gasteiger charge is 2.45. The number of nitriles is 1. The first-order chi connectivity index (χ1) is 13.0. The lowest BCUT2D eigenvalue weighted by Crippen LogP contribution is -2.56. The van der Waals surface area contributed by atoms with Gasteiger partial charge in [0.05, 0.1) is 26.3 Å². The van der Waals surface area contributed by atoms with E-state index in [0.717, 1.165) is 29.9 Å². The zero-order valence-electron chi connectivity index (χ0n) is 16.5. The molecular formula is C22H28NO2Si2. The molecule has 0 saturated carbocycles. The molecule has 5 heteroatoms. The van der Waals surface area contributed by atoms with Crippen molar-refractivity contribution in [3.05, 3.63) is 54.1 Å². The van der Waals surface area contributed by atoms with Gasteiger partial charge in [0.1, 0.15) is 5.75 Å². The van der Waals surface area contributed by atoms with E-state index in [2.05, 4.69) is 37.8 Å². The third-order valence-corrected chi connectivity index (χ3v) is 11.4. The van der Waals surface area contributed by atoms with Crippen molar-refractivity contribution in [1.29, 1.82) is 5.26 Å². The monoisotopic (exact) mass is 394 g/mol. The molecule has 2 unspecified atom stereocenters. The van der Waals surface area contributed by atoms with Gasteiger partial charge in [0, 0.05) is 5.73 Å². The van der Waals surface area contributed by atoms with Gasteiger partial charge in [-0.3, -0.25) is 0 Å². The summed E-state index contributed by atoms with van der Waals surface area (Å²) >= 11 is 0. The summed E-state index contributed by atoms with van der Waals surface area (Å²) in [6.45, 7) is 7.75. The normalized spacial score (nSPS) is 21.5. The highest BCUT2D eigenvalue weighted by atomic mass is 28.3. The van der Waals surface area contributed by atoms with E-state index in [1.54, 1.807) is 0 Å². The van der Waals surface area contributed by atoms with Crippen LogP contribution in [-0.2, 0) is 4.43 Å². The Morgan fingerprint density at radius 1 is 1.07 bits per heavy atom. The Labute approximate surface area is 165 Å². The van der Waals surface area contributed by atoms with Gasteiger partial charge in [-0.05, 0) is 61.3 Å². The van der Waals surface area contributed by atoms with Gasteiger partial charge < -0.3 is 9.16 Å². The van der Waals surface area contributed by atoms with E-state index >= 15 is 0 Å². The Morgan fingerprint density at radius 2 is 1.70 bits per heavy atom. The summed E-state index contributed by atoms with van der Waals surface area (Å²) in [5.74, 6) is 0.924. The van der Waals surface area contributed by atoms with Crippen LogP contribution in [0.4, 0.5) is 0 Å². The van der Waals surface area contributed by atoms with Gasteiger partial charge in [0.15, 0.2) is 0 Å². The summed E-state index contributed by atoms with van der Waals surface area (Å²) in [5.41, 5.74) is 3.53. The van der Waals surface area contributed by atoms with Gasteiger partial charge in [-0.1, -0.05) is 42.9 Å². The molecule has 0 N–H and O–H groups in total. The molecular weight excluding hydrogens is 366 g/mol. The van der Waals surface area contributed by atoms with Gasteiger partial charge in [0.25, 0.3) is 0 Å². The van der Waals surface area contributed by atoms with Gasteiger partial charge in [0.2, 0.25) is 9.04 Å². The number of hydrogen-bond acceptors (Lipinski definition) is 3. The molecule has 0 amide bonds. The quantitative estimate of drug-likeness (QED) is 0.429. The molecule has 0 aliphatic carbocycles. The third kappa shape index (κ3) is 5.10. The smallest absolute Gasteiger partial charge is 0.204 e. The molecule has 27 heavy (non-hydrogen) atoms. The van der Waals surface area contributed by atoms with Crippen molar-refractivity contribution in [3.63, 3.8) is 0 Å². The van der Waals surface area contributed by atoms with Crippen molar-refractivity contribution >= 4 is 17.1 Å². The van der Waals surface area contributed by atoms with Gasteiger partial charge >= 0.3 is 0 Å². The molecule has 0 aromatic heterocycles. The second kappa shape index (κ2) is 8.88. The molecule has 2 aromatic rings. The predicted octanol–water partition coefficient (Wildman–Crippen LogP) is 5.65. The fraction of sp³-hybridized carbons (Fsp3) is 0.409. The van der Waals surface area contributed by atoms with Crippen LogP contribution < -0.4 is 4.74 Å². The van der Waals surface area contributed by atoms with Crippen molar-refractivity contribution < 1.29 is 9.16 Å². The van der Waals surface area contributed by atoms with E-state index in [1.807, 2.05) is 36.4 Å². The zero-order chi connectivity index (χ0) is 19.3. The van der Waals surface area contributed by atoms with E-state index in [0.29, 0.717) is 11.3 Å². The minimum absolute atomic E-state index is 0.580. The lowest BCUT2D eigenvalue weighted by Gasteiger charge is -2.46. The van der Waals surface area contributed by atoms with Crippen LogP contribution in [0.1, 0.15) is 18.4 Å². The van der Waals surface area contributed by atoms with Crippen LogP contribution in [0.3, 0.4) is 0 Å². The Hall–Kier alpha value is -1.88. The van der Waals surface area contributed by atoms with Gasteiger partial charge in [-0.15, -0.1) is 0 Å². The molecule has 2 aromatic carbocycles. The summed E-state index contributed by atoms with van der Waals surface area (Å²) < 4.78 is 12.2. The minimum Gasteiger partial charge on any atom is -0.494 e. The molecule has 3 nitrogen and oxygen atoms in total. The summed E-state index contributed by atoms with van der Waals surface area (Å²) in [7, 11) is -1.77. The molecule has 1 aliphatic rings. The standard InChI is InChI=1S/C22H28NO2Si2/c1-26(2)25-22-13-16-27(22,3)15-4-14-24-21-11-9-20(10-12-21)19-7-5-18(17-23)6-8-19/h5-12,22H,4,13-16H2,1-3H3. The molecule has 2 atom stereocenters. The fourth-order valence-corrected chi connectivity index (χ4v) is 9.24. The van der Waals surface area contributed by atoms with Gasteiger partial charge in [-0.2, -0.15) is 5.26 Å². The zero-order valence-corrected chi connectivity index (χ0v) is 18.5. The molecule has 1 fully saturated rings. The highest BCUT2D eigenvalue weighted by Crippen LogP contribution is 2.38. The largest absolute Gasteiger partial charge is 0.494 e. The third-order valence-electron chi connectivity index (χ3n) is 5.50. The molecule has 1 aliphatic heterocycles. The number of ether oxygens (including phenoxy) is 1. The number of hydrogen-bond donors (Lipinski definition) is 0. The average molecular weight is 395 g/mol. The van der Waals surface area contributed by atoms with Crippen molar-refractivity contribution in [1.82, 2.24) is 0 Å². The first-order valence-electron chi connectivity index (χ1n) is 9.70. The lowest BCUT2D eigenvalue weighted by molar-refractivity contribution is 0.240. The predicted molar refractivity (Wildman–Crippen MR) is 115 cm³/mol. The summed E-state index contributed by atoms with van der Waals surface area (Å²) in [6, 6.07) is 20.7. The molecule has 1 heterocycles. The van der Waals surface area contributed by atoms with Crippen LogP contribution in [0.15, 0.2) is 48.5 Å². The summed E-state index contributed by atoms with van der Waals surface area (Å²) in [5, 5.41) is 8.89. The Morgan fingerprint density at radius 3 is 2.22 bits per heavy atom. The SMILES string of the molecule is C[Si](C)OC1CC[Si]1(C)CCCOc1ccc(-c2ccc(C#N)cc2)cc1. The maximum absolute atomic E-state index is 8.89. The molecule has 1 saturated heterocycles. The molecule has 1 radical (unpaired) electrons. The van der Waals surface area contributed by atoms with Crippen LogP contribution in [0.25, 0.3) is 11.1 Å². The molecule has 0 spiro atoms. The van der Waals surface area contributed by atoms with E-state index in [-0.39, 0.29) is 0 Å². The Balaban J connectivity index is 1.46. The molecule has 0 bridgehead atoms. The van der Waals surface area contributed by atoms with Crippen molar-refractivity contribution in [2.75, 3.05) is 6.61 Å². The van der Waals surface area contributed by atoms with Crippen LogP contribution in [0.5, 0.6) is 5.75 Å². The average Bonchev–Trinajstić information content (AvgIpc) is 2.69. The second-order valence-electron chi connectivity index (χ2n) is 7.87. The lowest BCUT2D eigenvalue weighted by atomic mass is 10.0. The summed E-state index contributed by atoms with van der Waals surface area (Å²) in [4.78, 5) is 0. The van der Waals surface area contributed by atoms with Crippen molar-refractivity contribution in [2.45, 2.75) is 50.3 Å². The van der Waals surface area contributed by atoms with Crippen LogP contribution >= 0.6 is 0 Å². The highest BCUT2D eigenvalue weighted by molar-refractivity contribution is 6.82. The molecule has 3 rings (SSSR count). The Bertz CT molecular complexity index is 783. The number of benzene rings is 2. The Kier molecular flexibility index (Phi) is 6.53. The minimum atomic E-state index is -1.19. The van der Waals surface area contributed by atoms with E-state index < -0.39 is 17.1 Å². The van der Waals surface area contributed by atoms with Crippen LogP contribution in [-0.4, -0.2) is 29.4 Å². The van der Waals surface area contributed by atoms with Crippen LogP contribution in [0.2, 0.25) is 31.7 Å². The fourth-order valence-electron chi connectivity index (χ4n) is 3.67. The van der Waals surface area contributed by atoms with E-state index in [9.17, 15) is 0 Å².